The first-order valence-corrected chi connectivity index (χ1v) is 8.39. The van der Waals surface area contributed by atoms with Crippen LogP contribution in [-0.2, 0) is 12.1 Å². The Kier molecular flexibility index (Phi) is 5.09. The van der Waals surface area contributed by atoms with Crippen molar-refractivity contribution in [1.29, 1.82) is 0 Å². The Morgan fingerprint density at radius 1 is 0.750 bits per heavy atom. The summed E-state index contributed by atoms with van der Waals surface area (Å²) in [6.07, 6.45) is 0. The van der Waals surface area contributed by atoms with Gasteiger partial charge >= 0.3 is 0 Å². The van der Waals surface area contributed by atoms with Crippen molar-refractivity contribution in [2.75, 3.05) is 6.54 Å². The Bertz CT molecular complexity index is 753. The van der Waals surface area contributed by atoms with Crippen molar-refractivity contribution in [3.63, 3.8) is 0 Å². The molecular weight excluding hydrogens is 294 g/mol. The van der Waals surface area contributed by atoms with E-state index in [9.17, 15) is 5.11 Å². The monoisotopic (exact) mass is 318 g/mol. The van der Waals surface area contributed by atoms with Gasteiger partial charge < -0.3 is 10.4 Å². The van der Waals surface area contributed by atoms with Gasteiger partial charge in [0.15, 0.2) is 5.60 Å². The van der Waals surface area contributed by atoms with Gasteiger partial charge in [0, 0.05) is 5.56 Å². The summed E-state index contributed by atoms with van der Waals surface area (Å²) in [7, 11) is 0. The molecule has 0 saturated carbocycles. The molecule has 0 aromatic heterocycles. The third-order valence-corrected chi connectivity index (χ3v) is 4.44. The smallest absolute Gasteiger partial charge is 0.163 e. The van der Waals surface area contributed by atoms with Crippen molar-refractivity contribution in [2.45, 2.75) is 19.1 Å². The lowest BCUT2D eigenvalue weighted by Gasteiger charge is -2.28. The zero-order chi connectivity index (χ0) is 16.8. The fourth-order valence-electron chi connectivity index (χ4n) is 3.01. The molecule has 0 bridgehead atoms. The van der Waals surface area contributed by atoms with Crippen LogP contribution in [0.4, 0.5) is 0 Å². The van der Waals surface area contributed by atoms with Gasteiger partial charge in [-0.3, -0.25) is 0 Å². The molecule has 24 heavy (non-hydrogen) atoms. The molecule has 0 radical (unpaired) electrons. The summed E-state index contributed by atoms with van der Waals surface area (Å²) < 4.78 is 0. The minimum atomic E-state index is -0.996. The Hall–Kier alpha value is -2.42. The molecule has 0 amide bonds. The molecule has 0 heterocycles. The van der Waals surface area contributed by atoms with Crippen LogP contribution in [0.25, 0.3) is 0 Å². The van der Waals surface area contributed by atoms with Crippen molar-refractivity contribution in [3.05, 3.63) is 107 Å². The van der Waals surface area contributed by atoms with Gasteiger partial charge in [-0.1, -0.05) is 90.5 Å². The Labute approximate surface area is 143 Å². The highest BCUT2D eigenvalue weighted by Gasteiger charge is 2.33. The first kappa shape index (κ1) is 16.4. The summed E-state index contributed by atoms with van der Waals surface area (Å²) in [6.45, 7) is 3.49. The number of nitrogens with two attached hydrogens (primary N) is 1. The summed E-state index contributed by atoms with van der Waals surface area (Å²) in [5.74, 6) is 0. The maximum absolute atomic E-state index is 11.5. The molecule has 0 fully saturated rings. The SMILES string of the molecule is Cc1ccc(C(O)(C[NH2+]Cc2ccccc2)c2ccccc2)cc1. The highest BCUT2D eigenvalue weighted by Crippen LogP contribution is 2.28. The zero-order valence-electron chi connectivity index (χ0n) is 14.0. The van der Waals surface area contributed by atoms with Gasteiger partial charge in [0.1, 0.15) is 13.1 Å². The molecule has 0 aliphatic carbocycles. The van der Waals surface area contributed by atoms with Crippen molar-refractivity contribution < 1.29 is 10.4 Å². The molecule has 1 atom stereocenters. The molecule has 122 valence electrons. The minimum absolute atomic E-state index is 0.578. The number of rotatable bonds is 6. The second-order valence-electron chi connectivity index (χ2n) is 6.27. The standard InChI is InChI=1S/C22H23NO/c1-18-12-14-21(15-13-18)22(24,20-10-6-3-7-11-20)17-23-16-19-8-4-2-5-9-19/h2-15,23-24H,16-17H2,1H3/p+1. The number of hydrogen-bond acceptors (Lipinski definition) is 1. The number of aliphatic hydroxyl groups is 1. The van der Waals surface area contributed by atoms with Crippen LogP contribution in [0.3, 0.4) is 0 Å². The van der Waals surface area contributed by atoms with Crippen LogP contribution in [0, 0.1) is 6.92 Å². The summed E-state index contributed by atoms with van der Waals surface area (Å²) in [5.41, 5.74) is 3.32. The van der Waals surface area contributed by atoms with Gasteiger partial charge in [-0.05, 0) is 18.1 Å². The summed E-state index contributed by atoms with van der Waals surface area (Å²) in [4.78, 5) is 0. The molecule has 0 aliphatic heterocycles. The van der Waals surface area contributed by atoms with Crippen molar-refractivity contribution in [3.8, 4) is 0 Å². The fourth-order valence-corrected chi connectivity index (χ4v) is 3.01. The predicted molar refractivity (Wildman–Crippen MR) is 97.6 cm³/mol. The Morgan fingerprint density at radius 3 is 1.92 bits per heavy atom. The molecule has 0 spiro atoms. The zero-order valence-corrected chi connectivity index (χ0v) is 14.0. The van der Waals surface area contributed by atoms with E-state index < -0.39 is 5.60 Å². The number of benzene rings is 3. The predicted octanol–water partition coefficient (Wildman–Crippen LogP) is 2.99. The maximum Gasteiger partial charge on any atom is 0.163 e. The van der Waals surface area contributed by atoms with Gasteiger partial charge in [-0.2, -0.15) is 0 Å². The molecule has 0 aliphatic rings. The molecule has 3 aromatic rings. The van der Waals surface area contributed by atoms with Crippen LogP contribution in [0.1, 0.15) is 22.3 Å². The molecule has 1 unspecified atom stereocenters. The molecule has 3 N–H and O–H groups in total. The van der Waals surface area contributed by atoms with Crippen LogP contribution in [0.5, 0.6) is 0 Å². The molecule has 2 heteroatoms. The quantitative estimate of drug-likeness (QED) is 0.720. The van der Waals surface area contributed by atoms with Crippen LogP contribution in [0.2, 0.25) is 0 Å². The topological polar surface area (TPSA) is 36.8 Å². The lowest BCUT2D eigenvalue weighted by molar-refractivity contribution is -0.682. The Balaban J connectivity index is 1.83. The molecule has 2 nitrogen and oxygen atoms in total. The van der Waals surface area contributed by atoms with Crippen LogP contribution >= 0.6 is 0 Å². The lowest BCUT2D eigenvalue weighted by Crippen LogP contribution is -2.86. The average molecular weight is 318 g/mol. The van der Waals surface area contributed by atoms with Crippen LogP contribution in [0.15, 0.2) is 84.9 Å². The number of quaternary nitrogens is 1. The largest absolute Gasteiger partial charge is 0.375 e. The molecule has 3 rings (SSSR count). The molecule has 3 aromatic carbocycles. The van der Waals surface area contributed by atoms with Crippen LogP contribution < -0.4 is 5.32 Å². The number of aryl methyl sites for hydroxylation is 1. The summed E-state index contributed by atoms with van der Waals surface area (Å²) >= 11 is 0. The van der Waals surface area contributed by atoms with E-state index in [0.29, 0.717) is 6.54 Å². The van der Waals surface area contributed by atoms with E-state index in [2.05, 4.69) is 36.5 Å². The van der Waals surface area contributed by atoms with E-state index in [1.807, 2.05) is 60.7 Å². The van der Waals surface area contributed by atoms with Gasteiger partial charge in [-0.15, -0.1) is 0 Å². The highest BCUT2D eigenvalue weighted by molar-refractivity contribution is 5.37. The van der Waals surface area contributed by atoms with Gasteiger partial charge in [0.05, 0.1) is 0 Å². The second kappa shape index (κ2) is 7.43. The summed E-state index contributed by atoms with van der Waals surface area (Å²) in [5, 5.41) is 13.7. The normalized spacial score (nSPS) is 13.4. The van der Waals surface area contributed by atoms with E-state index in [1.54, 1.807) is 0 Å². The van der Waals surface area contributed by atoms with Crippen molar-refractivity contribution >= 4 is 0 Å². The lowest BCUT2D eigenvalue weighted by atomic mass is 9.86. The number of hydrogen-bond donors (Lipinski definition) is 2. The minimum Gasteiger partial charge on any atom is -0.375 e. The molecule has 0 saturated heterocycles. The van der Waals surface area contributed by atoms with Gasteiger partial charge in [-0.25, -0.2) is 0 Å². The summed E-state index contributed by atoms with van der Waals surface area (Å²) in [6, 6.07) is 28.4. The van der Waals surface area contributed by atoms with E-state index in [4.69, 9.17) is 0 Å². The van der Waals surface area contributed by atoms with Crippen molar-refractivity contribution in [1.82, 2.24) is 0 Å². The average Bonchev–Trinajstić information content (AvgIpc) is 2.64. The van der Waals surface area contributed by atoms with Crippen molar-refractivity contribution in [2.24, 2.45) is 0 Å². The van der Waals surface area contributed by atoms with Gasteiger partial charge in [0.2, 0.25) is 0 Å². The third kappa shape index (κ3) is 3.73. The molecular formula is C22H24NO+. The van der Waals surface area contributed by atoms with E-state index in [1.165, 1.54) is 11.1 Å². The van der Waals surface area contributed by atoms with E-state index in [-0.39, 0.29) is 0 Å². The first-order chi connectivity index (χ1) is 11.7. The van der Waals surface area contributed by atoms with Gasteiger partial charge in [0.25, 0.3) is 0 Å². The van der Waals surface area contributed by atoms with E-state index in [0.717, 1.165) is 17.7 Å². The second-order valence-corrected chi connectivity index (χ2v) is 6.27. The highest BCUT2D eigenvalue weighted by atomic mass is 16.3. The van der Waals surface area contributed by atoms with E-state index >= 15 is 0 Å². The maximum atomic E-state index is 11.5. The first-order valence-electron chi connectivity index (χ1n) is 8.39. The third-order valence-electron chi connectivity index (χ3n) is 4.44. The van der Waals surface area contributed by atoms with Crippen LogP contribution in [-0.4, -0.2) is 11.7 Å². The Morgan fingerprint density at radius 2 is 1.29 bits per heavy atom. The fraction of sp³-hybridized carbons (Fsp3) is 0.182.